The molecule has 2 amide bonds. The van der Waals surface area contributed by atoms with Crippen LogP contribution in [0.15, 0.2) is 24.3 Å². The number of carboxylic acids is 1. The predicted octanol–water partition coefficient (Wildman–Crippen LogP) is 4.63. The minimum Gasteiger partial charge on any atom is -0.481 e. The molecule has 1 aliphatic carbocycles. The summed E-state index contributed by atoms with van der Waals surface area (Å²) in [5, 5.41) is 15.3. The normalized spacial score (nSPS) is 14.0. The van der Waals surface area contributed by atoms with E-state index >= 15 is 0 Å². The molecule has 1 aliphatic rings. The molecule has 0 bridgehead atoms. The number of benzene rings is 1. The average Bonchev–Trinajstić information content (AvgIpc) is 3.00. The Bertz CT molecular complexity index is 935. The summed E-state index contributed by atoms with van der Waals surface area (Å²) in [4.78, 5) is 37.6. The SMILES string of the molecule is Cc1ccccc1NC(=O)c1c(NC(=O)CC(C)CC(=O)O)sc2c1CCCC2. The van der Waals surface area contributed by atoms with Crippen LogP contribution in [-0.2, 0) is 22.4 Å². The number of aliphatic carboxylic acids is 1. The Morgan fingerprint density at radius 1 is 1.10 bits per heavy atom. The fourth-order valence-electron chi connectivity index (χ4n) is 3.66. The van der Waals surface area contributed by atoms with Crippen molar-refractivity contribution in [1.29, 1.82) is 0 Å². The van der Waals surface area contributed by atoms with Gasteiger partial charge in [0, 0.05) is 23.4 Å². The van der Waals surface area contributed by atoms with E-state index in [1.807, 2.05) is 31.2 Å². The molecule has 0 aliphatic heterocycles. The van der Waals surface area contributed by atoms with Gasteiger partial charge in [-0.15, -0.1) is 11.3 Å². The van der Waals surface area contributed by atoms with Gasteiger partial charge in [0.25, 0.3) is 5.91 Å². The molecule has 154 valence electrons. The van der Waals surface area contributed by atoms with Gasteiger partial charge >= 0.3 is 5.97 Å². The lowest BCUT2D eigenvalue weighted by Crippen LogP contribution is -2.20. The Labute approximate surface area is 174 Å². The van der Waals surface area contributed by atoms with Crippen LogP contribution in [0, 0.1) is 12.8 Å². The van der Waals surface area contributed by atoms with E-state index in [0.717, 1.165) is 47.4 Å². The average molecular weight is 415 g/mol. The quantitative estimate of drug-likeness (QED) is 0.616. The maximum Gasteiger partial charge on any atom is 0.303 e. The van der Waals surface area contributed by atoms with Gasteiger partial charge in [0.2, 0.25) is 5.91 Å². The lowest BCUT2D eigenvalue weighted by molar-refractivity contribution is -0.138. The van der Waals surface area contributed by atoms with Crippen LogP contribution >= 0.6 is 11.3 Å². The van der Waals surface area contributed by atoms with Crippen molar-refractivity contribution in [2.45, 2.75) is 52.4 Å². The van der Waals surface area contributed by atoms with E-state index in [0.29, 0.717) is 10.6 Å². The van der Waals surface area contributed by atoms with Gasteiger partial charge in [-0.05, 0) is 55.7 Å². The highest BCUT2D eigenvalue weighted by Crippen LogP contribution is 2.39. The van der Waals surface area contributed by atoms with E-state index in [1.54, 1.807) is 6.92 Å². The van der Waals surface area contributed by atoms with Crippen molar-refractivity contribution >= 4 is 39.8 Å². The Hall–Kier alpha value is -2.67. The van der Waals surface area contributed by atoms with Crippen molar-refractivity contribution in [2.24, 2.45) is 5.92 Å². The van der Waals surface area contributed by atoms with Crippen molar-refractivity contribution in [3.63, 3.8) is 0 Å². The van der Waals surface area contributed by atoms with E-state index in [9.17, 15) is 14.4 Å². The van der Waals surface area contributed by atoms with Gasteiger partial charge < -0.3 is 15.7 Å². The molecule has 29 heavy (non-hydrogen) atoms. The molecule has 2 aromatic rings. The van der Waals surface area contributed by atoms with E-state index in [4.69, 9.17) is 5.11 Å². The van der Waals surface area contributed by atoms with Crippen molar-refractivity contribution in [2.75, 3.05) is 10.6 Å². The molecule has 1 heterocycles. The summed E-state index contributed by atoms with van der Waals surface area (Å²) in [6.07, 6.45) is 3.89. The zero-order chi connectivity index (χ0) is 21.0. The van der Waals surface area contributed by atoms with Gasteiger partial charge in [-0.3, -0.25) is 14.4 Å². The number of aryl methyl sites for hydroxylation is 2. The summed E-state index contributed by atoms with van der Waals surface area (Å²) in [7, 11) is 0. The summed E-state index contributed by atoms with van der Waals surface area (Å²) in [5.41, 5.74) is 3.30. The second-order valence-corrected chi connectivity index (χ2v) is 8.74. The summed E-state index contributed by atoms with van der Waals surface area (Å²) in [6, 6.07) is 7.59. The lowest BCUT2D eigenvalue weighted by Gasteiger charge is -2.14. The number of nitrogens with one attached hydrogen (secondary N) is 2. The Kier molecular flexibility index (Phi) is 6.69. The molecule has 1 aromatic carbocycles. The molecule has 1 atom stereocenters. The second-order valence-electron chi connectivity index (χ2n) is 7.64. The first-order chi connectivity index (χ1) is 13.8. The highest BCUT2D eigenvalue weighted by Gasteiger charge is 2.27. The number of amides is 2. The van der Waals surface area contributed by atoms with Crippen molar-refractivity contribution < 1.29 is 19.5 Å². The van der Waals surface area contributed by atoms with Crippen LogP contribution in [0.25, 0.3) is 0 Å². The molecular formula is C22H26N2O4S. The number of hydrogen-bond donors (Lipinski definition) is 3. The molecule has 7 heteroatoms. The Morgan fingerprint density at radius 3 is 2.55 bits per heavy atom. The van der Waals surface area contributed by atoms with Gasteiger partial charge in [0.15, 0.2) is 0 Å². The Balaban J connectivity index is 1.83. The van der Waals surface area contributed by atoms with Crippen LogP contribution in [0.3, 0.4) is 0 Å². The van der Waals surface area contributed by atoms with Crippen molar-refractivity contribution in [3.05, 3.63) is 45.8 Å². The number of carbonyl (C=O) groups is 3. The van der Waals surface area contributed by atoms with Gasteiger partial charge in [-0.2, -0.15) is 0 Å². The highest BCUT2D eigenvalue weighted by atomic mass is 32.1. The maximum atomic E-state index is 13.1. The summed E-state index contributed by atoms with van der Waals surface area (Å²) in [5.74, 6) is -1.67. The van der Waals surface area contributed by atoms with Gasteiger partial charge in [0.1, 0.15) is 5.00 Å². The number of rotatable bonds is 7. The highest BCUT2D eigenvalue weighted by molar-refractivity contribution is 7.17. The predicted molar refractivity (Wildman–Crippen MR) is 115 cm³/mol. The third-order valence-electron chi connectivity index (χ3n) is 5.10. The molecule has 0 saturated heterocycles. The molecule has 0 radical (unpaired) electrons. The zero-order valence-electron chi connectivity index (χ0n) is 16.7. The van der Waals surface area contributed by atoms with Crippen LogP contribution in [0.2, 0.25) is 0 Å². The van der Waals surface area contributed by atoms with Crippen LogP contribution in [0.5, 0.6) is 0 Å². The molecular weight excluding hydrogens is 388 g/mol. The topological polar surface area (TPSA) is 95.5 Å². The molecule has 0 spiro atoms. The number of carbonyl (C=O) groups excluding carboxylic acids is 2. The number of fused-ring (bicyclic) bond motifs is 1. The standard InChI is InChI=1S/C22H26N2O4S/c1-13(12-19(26)27)11-18(25)24-22-20(15-8-4-6-10-17(15)29-22)21(28)23-16-9-5-3-7-14(16)2/h3,5,7,9,13H,4,6,8,10-12H2,1-2H3,(H,23,28)(H,24,25)(H,26,27). The third kappa shape index (κ3) is 5.23. The van der Waals surface area contributed by atoms with E-state index in [-0.39, 0.29) is 30.6 Å². The second kappa shape index (κ2) is 9.22. The maximum absolute atomic E-state index is 13.1. The van der Waals surface area contributed by atoms with Crippen LogP contribution in [0.1, 0.15) is 59.0 Å². The third-order valence-corrected chi connectivity index (χ3v) is 6.31. The Morgan fingerprint density at radius 2 is 1.83 bits per heavy atom. The summed E-state index contributed by atoms with van der Waals surface area (Å²) in [6.45, 7) is 3.67. The number of thiophene rings is 1. The minimum absolute atomic E-state index is 0.0605. The first-order valence-corrected chi connectivity index (χ1v) is 10.7. The van der Waals surface area contributed by atoms with E-state index in [2.05, 4.69) is 10.6 Å². The number of hydrogen-bond acceptors (Lipinski definition) is 4. The van der Waals surface area contributed by atoms with E-state index in [1.165, 1.54) is 11.3 Å². The molecule has 0 fully saturated rings. The number of carboxylic acid groups (broad SMARTS) is 1. The summed E-state index contributed by atoms with van der Waals surface area (Å²) < 4.78 is 0. The van der Waals surface area contributed by atoms with Crippen LogP contribution in [0.4, 0.5) is 10.7 Å². The monoisotopic (exact) mass is 414 g/mol. The lowest BCUT2D eigenvalue weighted by atomic mass is 9.95. The first kappa shape index (κ1) is 21.0. The van der Waals surface area contributed by atoms with Gasteiger partial charge in [0.05, 0.1) is 5.56 Å². The fourth-order valence-corrected chi connectivity index (χ4v) is 4.96. The fraction of sp³-hybridized carbons (Fsp3) is 0.409. The molecule has 3 N–H and O–H groups in total. The number of para-hydroxylation sites is 1. The molecule has 1 aromatic heterocycles. The minimum atomic E-state index is -0.921. The summed E-state index contributed by atoms with van der Waals surface area (Å²) >= 11 is 1.47. The first-order valence-electron chi connectivity index (χ1n) is 9.88. The van der Waals surface area contributed by atoms with Crippen molar-refractivity contribution in [1.82, 2.24) is 0 Å². The molecule has 0 saturated carbocycles. The van der Waals surface area contributed by atoms with Crippen molar-refractivity contribution in [3.8, 4) is 0 Å². The molecule has 3 rings (SSSR count). The van der Waals surface area contributed by atoms with Crippen LogP contribution in [-0.4, -0.2) is 22.9 Å². The largest absolute Gasteiger partial charge is 0.481 e. The molecule has 6 nitrogen and oxygen atoms in total. The van der Waals surface area contributed by atoms with Crippen LogP contribution < -0.4 is 10.6 Å². The van der Waals surface area contributed by atoms with Gasteiger partial charge in [-0.1, -0.05) is 25.1 Å². The van der Waals surface area contributed by atoms with E-state index < -0.39 is 5.97 Å². The number of anilines is 2. The van der Waals surface area contributed by atoms with Gasteiger partial charge in [-0.25, -0.2) is 0 Å². The molecule has 1 unspecified atom stereocenters. The smallest absolute Gasteiger partial charge is 0.303 e. The zero-order valence-corrected chi connectivity index (χ0v) is 17.5.